The summed E-state index contributed by atoms with van der Waals surface area (Å²) in [5, 5.41) is 9.93. The van der Waals surface area contributed by atoms with Gasteiger partial charge in [-0.05, 0) is 31.5 Å². The molecule has 1 aromatic rings. The molecule has 6 heteroatoms. The van der Waals surface area contributed by atoms with Crippen molar-refractivity contribution in [2.75, 3.05) is 7.11 Å². The average Bonchev–Trinajstić information content (AvgIpc) is 2.36. The maximum Gasteiger partial charge on any atom is 0.414 e. The van der Waals surface area contributed by atoms with Crippen molar-refractivity contribution in [2.24, 2.45) is 0 Å². The Morgan fingerprint density at radius 3 is 2.05 bits per heavy atom. The Hall–Kier alpha value is -1.27. The minimum absolute atomic E-state index is 0.475. The predicted octanol–water partition coefficient (Wildman–Crippen LogP) is 3.08. The van der Waals surface area contributed by atoms with Gasteiger partial charge in [-0.1, -0.05) is 12.1 Å². The molecule has 0 aromatic heterocycles. The van der Waals surface area contributed by atoms with Crippen molar-refractivity contribution in [3.63, 3.8) is 0 Å². The smallest absolute Gasteiger partial charge is 0.414 e. The van der Waals surface area contributed by atoms with Crippen LogP contribution in [-0.2, 0) is 4.74 Å². The standard InChI is InChI=1S/C13H17F3O3/c1-8(19-9(2)13(14,15)16)12(17)10-4-6-11(18-3)7-5-10/h4-9,12,17H,1-3H3. The summed E-state index contributed by atoms with van der Waals surface area (Å²) in [6.07, 6.45) is -8.45. The normalized spacial score (nSPS) is 16.8. The molecule has 1 aromatic carbocycles. The first-order valence-electron chi connectivity index (χ1n) is 5.80. The number of methoxy groups -OCH3 is 1. The summed E-state index contributed by atoms with van der Waals surface area (Å²) < 4.78 is 46.8. The average molecular weight is 278 g/mol. The van der Waals surface area contributed by atoms with Crippen LogP contribution in [0.4, 0.5) is 13.2 Å². The summed E-state index contributed by atoms with van der Waals surface area (Å²) in [6.45, 7) is 2.31. The lowest BCUT2D eigenvalue weighted by molar-refractivity contribution is -0.233. The third-order valence-electron chi connectivity index (χ3n) is 2.78. The lowest BCUT2D eigenvalue weighted by Crippen LogP contribution is -2.34. The molecule has 0 aliphatic carbocycles. The van der Waals surface area contributed by atoms with Gasteiger partial charge in [-0.25, -0.2) is 0 Å². The van der Waals surface area contributed by atoms with Gasteiger partial charge in [-0.15, -0.1) is 0 Å². The molecule has 0 saturated heterocycles. The zero-order valence-electron chi connectivity index (χ0n) is 10.9. The molecule has 0 amide bonds. The van der Waals surface area contributed by atoms with E-state index in [0.29, 0.717) is 11.3 Å². The van der Waals surface area contributed by atoms with Crippen LogP contribution in [0.5, 0.6) is 5.75 Å². The lowest BCUT2D eigenvalue weighted by atomic mass is 10.1. The van der Waals surface area contributed by atoms with Crippen LogP contribution in [-0.4, -0.2) is 30.6 Å². The fraction of sp³-hybridized carbons (Fsp3) is 0.538. The van der Waals surface area contributed by atoms with Gasteiger partial charge >= 0.3 is 6.18 Å². The Morgan fingerprint density at radius 1 is 1.11 bits per heavy atom. The fourth-order valence-corrected chi connectivity index (χ4v) is 1.55. The molecule has 0 radical (unpaired) electrons. The lowest BCUT2D eigenvalue weighted by Gasteiger charge is -2.25. The highest BCUT2D eigenvalue weighted by Gasteiger charge is 2.38. The maximum atomic E-state index is 12.4. The van der Waals surface area contributed by atoms with Gasteiger partial charge in [-0.3, -0.25) is 0 Å². The zero-order chi connectivity index (χ0) is 14.6. The molecule has 3 nitrogen and oxygen atoms in total. The first-order valence-corrected chi connectivity index (χ1v) is 5.80. The number of ether oxygens (including phenoxy) is 2. The molecular formula is C13H17F3O3. The van der Waals surface area contributed by atoms with Crippen molar-refractivity contribution in [1.82, 2.24) is 0 Å². The van der Waals surface area contributed by atoms with E-state index in [1.54, 1.807) is 24.3 Å². The van der Waals surface area contributed by atoms with Crippen molar-refractivity contribution in [3.05, 3.63) is 29.8 Å². The third kappa shape index (κ3) is 4.40. The predicted molar refractivity (Wildman–Crippen MR) is 64.0 cm³/mol. The molecular weight excluding hydrogens is 261 g/mol. The molecule has 0 aliphatic rings. The van der Waals surface area contributed by atoms with Gasteiger partial charge in [0.15, 0.2) is 6.10 Å². The molecule has 0 aliphatic heterocycles. The van der Waals surface area contributed by atoms with Gasteiger partial charge in [-0.2, -0.15) is 13.2 Å². The highest BCUT2D eigenvalue weighted by Crippen LogP contribution is 2.27. The quantitative estimate of drug-likeness (QED) is 0.899. The van der Waals surface area contributed by atoms with Crippen molar-refractivity contribution < 1.29 is 27.8 Å². The Labute approximate surface area is 110 Å². The van der Waals surface area contributed by atoms with Gasteiger partial charge < -0.3 is 14.6 Å². The van der Waals surface area contributed by atoms with Crippen molar-refractivity contribution >= 4 is 0 Å². The molecule has 3 atom stereocenters. The minimum Gasteiger partial charge on any atom is -0.497 e. The van der Waals surface area contributed by atoms with Crippen LogP contribution in [0.25, 0.3) is 0 Å². The van der Waals surface area contributed by atoms with Crippen molar-refractivity contribution in [3.8, 4) is 5.75 Å². The summed E-state index contributed by atoms with van der Waals surface area (Å²) in [7, 11) is 1.50. The molecule has 0 saturated carbocycles. The number of rotatable bonds is 5. The summed E-state index contributed by atoms with van der Waals surface area (Å²) in [6, 6.07) is 6.42. The van der Waals surface area contributed by atoms with Crippen LogP contribution >= 0.6 is 0 Å². The van der Waals surface area contributed by atoms with E-state index >= 15 is 0 Å². The van der Waals surface area contributed by atoms with Crippen LogP contribution in [0.3, 0.4) is 0 Å². The second-order valence-corrected chi connectivity index (χ2v) is 4.24. The van der Waals surface area contributed by atoms with Crippen molar-refractivity contribution in [2.45, 2.75) is 38.3 Å². The Balaban J connectivity index is 2.68. The van der Waals surface area contributed by atoms with Crippen LogP contribution in [0.15, 0.2) is 24.3 Å². The topological polar surface area (TPSA) is 38.7 Å². The molecule has 1 N–H and O–H groups in total. The van der Waals surface area contributed by atoms with Gasteiger partial charge in [0.2, 0.25) is 0 Å². The van der Waals surface area contributed by atoms with E-state index in [9.17, 15) is 18.3 Å². The van der Waals surface area contributed by atoms with Crippen LogP contribution in [0.2, 0.25) is 0 Å². The second kappa shape index (κ2) is 6.25. The Morgan fingerprint density at radius 2 is 1.63 bits per heavy atom. The first kappa shape index (κ1) is 15.8. The first-order chi connectivity index (χ1) is 8.75. The minimum atomic E-state index is -4.44. The van der Waals surface area contributed by atoms with Gasteiger partial charge in [0.1, 0.15) is 11.9 Å². The van der Waals surface area contributed by atoms with E-state index < -0.39 is 24.5 Å². The number of halogens is 3. The summed E-state index contributed by atoms with van der Waals surface area (Å²) in [4.78, 5) is 0. The number of benzene rings is 1. The Bertz CT molecular complexity index is 389. The van der Waals surface area contributed by atoms with Crippen molar-refractivity contribution in [1.29, 1.82) is 0 Å². The van der Waals surface area contributed by atoms with E-state index in [-0.39, 0.29) is 0 Å². The molecule has 0 bridgehead atoms. The molecule has 3 unspecified atom stereocenters. The summed E-state index contributed by atoms with van der Waals surface area (Å²) in [5.41, 5.74) is 0.475. The van der Waals surface area contributed by atoms with Gasteiger partial charge in [0.05, 0.1) is 13.2 Å². The van der Waals surface area contributed by atoms with E-state index in [4.69, 9.17) is 9.47 Å². The van der Waals surface area contributed by atoms with Gasteiger partial charge in [0, 0.05) is 0 Å². The summed E-state index contributed by atoms with van der Waals surface area (Å²) >= 11 is 0. The number of hydrogen-bond donors (Lipinski definition) is 1. The molecule has 0 fully saturated rings. The highest BCUT2D eigenvalue weighted by molar-refractivity contribution is 5.28. The molecule has 19 heavy (non-hydrogen) atoms. The van der Waals surface area contributed by atoms with Gasteiger partial charge in [0.25, 0.3) is 0 Å². The highest BCUT2D eigenvalue weighted by atomic mass is 19.4. The largest absolute Gasteiger partial charge is 0.497 e. The van der Waals surface area contributed by atoms with Crippen LogP contribution in [0.1, 0.15) is 25.5 Å². The maximum absolute atomic E-state index is 12.4. The van der Waals surface area contributed by atoms with E-state index in [1.165, 1.54) is 14.0 Å². The van der Waals surface area contributed by atoms with E-state index in [2.05, 4.69) is 0 Å². The van der Waals surface area contributed by atoms with E-state index in [0.717, 1.165) is 6.92 Å². The third-order valence-corrected chi connectivity index (χ3v) is 2.78. The Kier molecular flexibility index (Phi) is 5.20. The number of hydrogen-bond acceptors (Lipinski definition) is 3. The van der Waals surface area contributed by atoms with Crippen LogP contribution < -0.4 is 4.74 Å². The van der Waals surface area contributed by atoms with Crippen LogP contribution in [0, 0.1) is 0 Å². The SMILES string of the molecule is COc1ccc(C(O)C(C)OC(C)C(F)(F)F)cc1. The molecule has 0 spiro atoms. The zero-order valence-corrected chi connectivity index (χ0v) is 10.9. The summed E-state index contributed by atoms with van der Waals surface area (Å²) in [5.74, 6) is 0.605. The number of aliphatic hydroxyl groups excluding tert-OH is 1. The fourth-order valence-electron chi connectivity index (χ4n) is 1.55. The second-order valence-electron chi connectivity index (χ2n) is 4.24. The van der Waals surface area contributed by atoms with E-state index in [1.807, 2.05) is 0 Å². The molecule has 108 valence electrons. The number of aliphatic hydroxyl groups is 1. The number of alkyl halides is 3. The molecule has 1 rings (SSSR count). The monoisotopic (exact) mass is 278 g/mol. The molecule has 0 heterocycles.